The SMILES string of the molecule is C1=C2CN(Cc3ccccc3)CC2CN1Cc1ccccc1. The quantitative estimate of drug-likeness (QED) is 0.850. The lowest BCUT2D eigenvalue weighted by atomic mass is 10.1. The maximum atomic E-state index is 2.58. The second-order valence-electron chi connectivity index (χ2n) is 6.47. The lowest BCUT2D eigenvalue weighted by Crippen LogP contribution is -2.25. The van der Waals surface area contributed by atoms with Gasteiger partial charge in [0.15, 0.2) is 0 Å². The normalized spacial score (nSPS) is 21.0. The molecule has 2 heterocycles. The number of benzene rings is 2. The largest absolute Gasteiger partial charge is 0.372 e. The summed E-state index contributed by atoms with van der Waals surface area (Å²) in [6, 6.07) is 21.6. The van der Waals surface area contributed by atoms with Gasteiger partial charge in [-0.2, -0.15) is 0 Å². The van der Waals surface area contributed by atoms with Gasteiger partial charge in [-0.1, -0.05) is 60.7 Å². The minimum absolute atomic E-state index is 0.729. The Labute approximate surface area is 132 Å². The van der Waals surface area contributed by atoms with Crippen molar-refractivity contribution in [2.24, 2.45) is 5.92 Å². The van der Waals surface area contributed by atoms with E-state index in [-0.39, 0.29) is 0 Å². The highest BCUT2D eigenvalue weighted by molar-refractivity contribution is 5.23. The number of nitrogens with zero attached hydrogens (tertiary/aromatic N) is 2. The van der Waals surface area contributed by atoms with Crippen LogP contribution in [0.25, 0.3) is 0 Å². The Balaban J connectivity index is 1.37. The number of likely N-dealkylation sites (tertiary alicyclic amines) is 1. The van der Waals surface area contributed by atoms with Crippen LogP contribution in [-0.2, 0) is 13.1 Å². The Bertz CT molecular complexity index is 648. The average molecular weight is 290 g/mol. The van der Waals surface area contributed by atoms with Gasteiger partial charge in [-0.15, -0.1) is 0 Å². The molecule has 0 aliphatic carbocycles. The standard InChI is InChI=1S/C20H22N2/c1-3-7-17(8-4-1)11-21-13-19-15-22(16-20(19)14-21)12-18-9-5-2-6-10-18/h1-10,13,20H,11-12,14-16H2. The maximum Gasteiger partial charge on any atom is 0.0424 e. The van der Waals surface area contributed by atoms with E-state index in [2.05, 4.69) is 76.7 Å². The molecule has 22 heavy (non-hydrogen) atoms. The molecule has 112 valence electrons. The zero-order valence-electron chi connectivity index (χ0n) is 12.9. The minimum atomic E-state index is 0.729. The van der Waals surface area contributed by atoms with Gasteiger partial charge in [0.1, 0.15) is 0 Å². The third-order valence-electron chi connectivity index (χ3n) is 4.69. The molecule has 2 aromatic rings. The van der Waals surface area contributed by atoms with Crippen LogP contribution < -0.4 is 0 Å². The Morgan fingerprint density at radius 1 is 0.773 bits per heavy atom. The highest BCUT2D eigenvalue weighted by Gasteiger charge is 2.32. The zero-order valence-corrected chi connectivity index (χ0v) is 12.9. The highest BCUT2D eigenvalue weighted by atomic mass is 15.2. The first-order valence-electron chi connectivity index (χ1n) is 8.12. The summed E-state index contributed by atoms with van der Waals surface area (Å²) in [6.07, 6.45) is 2.41. The molecule has 2 aromatic carbocycles. The van der Waals surface area contributed by atoms with E-state index in [0.717, 1.165) is 25.6 Å². The third kappa shape index (κ3) is 2.93. The topological polar surface area (TPSA) is 6.48 Å². The summed E-state index contributed by atoms with van der Waals surface area (Å²) >= 11 is 0. The van der Waals surface area contributed by atoms with Crippen molar-refractivity contribution in [2.45, 2.75) is 13.1 Å². The lowest BCUT2D eigenvalue weighted by molar-refractivity contribution is 0.282. The lowest BCUT2D eigenvalue weighted by Gasteiger charge is -2.20. The fourth-order valence-corrected chi connectivity index (χ4v) is 3.66. The van der Waals surface area contributed by atoms with E-state index in [0.29, 0.717) is 0 Å². The first-order valence-corrected chi connectivity index (χ1v) is 8.12. The van der Waals surface area contributed by atoms with Gasteiger partial charge < -0.3 is 4.90 Å². The molecule has 4 rings (SSSR count). The van der Waals surface area contributed by atoms with E-state index < -0.39 is 0 Å². The van der Waals surface area contributed by atoms with Gasteiger partial charge in [0.25, 0.3) is 0 Å². The van der Waals surface area contributed by atoms with Crippen molar-refractivity contribution in [1.82, 2.24) is 9.80 Å². The molecule has 0 N–H and O–H groups in total. The summed E-state index contributed by atoms with van der Waals surface area (Å²) in [5.74, 6) is 0.729. The first-order chi connectivity index (χ1) is 10.9. The van der Waals surface area contributed by atoms with Crippen molar-refractivity contribution >= 4 is 0 Å². The smallest absolute Gasteiger partial charge is 0.0424 e. The molecule has 2 aliphatic rings. The Kier molecular flexibility index (Phi) is 3.69. The monoisotopic (exact) mass is 290 g/mol. The molecule has 2 heteroatoms. The first kappa shape index (κ1) is 13.6. The van der Waals surface area contributed by atoms with Gasteiger partial charge in [0.05, 0.1) is 0 Å². The van der Waals surface area contributed by atoms with E-state index in [9.17, 15) is 0 Å². The second-order valence-corrected chi connectivity index (χ2v) is 6.47. The van der Waals surface area contributed by atoms with Crippen molar-refractivity contribution < 1.29 is 0 Å². The van der Waals surface area contributed by atoms with Crippen LogP contribution in [0.1, 0.15) is 11.1 Å². The summed E-state index contributed by atoms with van der Waals surface area (Å²) < 4.78 is 0. The van der Waals surface area contributed by atoms with Crippen molar-refractivity contribution in [3.05, 3.63) is 83.6 Å². The number of hydrogen-bond acceptors (Lipinski definition) is 2. The summed E-state index contributed by atoms with van der Waals surface area (Å²) in [4.78, 5) is 5.06. The van der Waals surface area contributed by atoms with E-state index in [1.54, 1.807) is 5.57 Å². The number of fused-ring (bicyclic) bond motifs is 1. The van der Waals surface area contributed by atoms with Crippen molar-refractivity contribution in [2.75, 3.05) is 19.6 Å². The van der Waals surface area contributed by atoms with Gasteiger partial charge >= 0.3 is 0 Å². The van der Waals surface area contributed by atoms with E-state index in [4.69, 9.17) is 0 Å². The van der Waals surface area contributed by atoms with Gasteiger partial charge in [0.2, 0.25) is 0 Å². The number of rotatable bonds is 4. The molecule has 0 spiro atoms. The zero-order chi connectivity index (χ0) is 14.8. The van der Waals surface area contributed by atoms with Gasteiger partial charge in [-0.05, 0) is 16.7 Å². The van der Waals surface area contributed by atoms with Crippen LogP contribution in [0.5, 0.6) is 0 Å². The molecular weight excluding hydrogens is 268 g/mol. The van der Waals surface area contributed by atoms with Crippen LogP contribution in [0.4, 0.5) is 0 Å². The molecule has 2 nitrogen and oxygen atoms in total. The molecule has 0 bridgehead atoms. The van der Waals surface area contributed by atoms with Crippen LogP contribution in [0, 0.1) is 5.92 Å². The van der Waals surface area contributed by atoms with E-state index in [1.807, 2.05) is 0 Å². The van der Waals surface area contributed by atoms with Crippen LogP contribution >= 0.6 is 0 Å². The van der Waals surface area contributed by atoms with E-state index in [1.165, 1.54) is 24.2 Å². The molecule has 0 aromatic heterocycles. The predicted octanol–water partition coefficient (Wildman–Crippen LogP) is 3.52. The van der Waals surface area contributed by atoms with Gasteiger partial charge in [-0.25, -0.2) is 0 Å². The molecule has 1 saturated heterocycles. The van der Waals surface area contributed by atoms with Crippen molar-refractivity contribution in [3.63, 3.8) is 0 Å². The summed E-state index contributed by atoms with van der Waals surface area (Å²) in [5, 5.41) is 0. The highest BCUT2D eigenvalue weighted by Crippen LogP contribution is 2.31. The predicted molar refractivity (Wildman–Crippen MR) is 90.1 cm³/mol. The molecule has 1 atom stereocenters. The van der Waals surface area contributed by atoms with Gasteiger partial charge in [0, 0.05) is 44.8 Å². The van der Waals surface area contributed by atoms with Crippen molar-refractivity contribution in [3.8, 4) is 0 Å². The van der Waals surface area contributed by atoms with Crippen LogP contribution in [0.15, 0.2) is 72.4 Å². The minimum Gasteiger partial charge on any atom is -0.372 e. The Hall–Kier alpha value is -2.06. The fourth-order valence-electron chi connectivity index (χ4n) is 3.66. The molecule has 1 fully saturated rings. The fraction of sp³-hybridized carbons (Fsp3) is 0.300. The van der Waals surface area contributed by atoms with Crippen LogP contribution in [0.3, 0.4) is 0 Å². The Morgan fingerprint density at radius 2 is 1.41 bits per heavy atom. The summed E-state index contributed by atoms with van der Waals surface area (Å²) in [6.45, 7) is 5.62. The van der Waals surface area contributed by atoms with Crippen LogP contribution in [-0.4, -0.2) is 29.4 Å². The third-order valence-corrected chi connectivity index (χ3v) is 4.69. The summed E-state index contributed by atoms with van der Waals surface area (Å²) in [5.41, 5.74) is 4.44. The molecule has 0 amide bonds. The molecule has 0 saturated carbocycles. The second kappa shape index (κ2) is 5.98. The molecule has 1 unspecified atom stereocenters. The molecular formula is C20H22N2. The molecule has 0 radical (unpaired) electrons. The maximum absolute atomic E-state index is 2.58. The van der Waals surface area contributed by atoms with E-state index >= 15 is 0 Å². The van der Waals surface area contributed by atoms with Crippen LogP contribution in [0.2, 0.25) is 0 Å². The summed E-state index contributed by atoms with van der Waals surface area (Å²) in [7, 11) is 0. The van der Waals surface area contributed by atoms with Crippen molar-refractivity contribution in [1.29, 1.82) is 0 Å². The Morgan fingerprint density at radius 3 is 2.05 bits per heavy atom. The molecule has 2 aliphatic heterocycles. The number of hydrogen-bond donors (Lipinski definition) is 0. The average Bonchev–Trinajstić information content (AvgIpc) is 3.07. The van der Waals surface area contributed by atoms with Gasteiger partial charge in [-0.3, -0.25) is 4.90 Å².